The molecule has 0 aromatic heterocycles. The molecule has 1 N–H and O–H groups in total. The van der Waals surface area contributed by atoms with E-state index in [2.05, 4.69) is 0 Å². The number of amides is 1. The summed E-state index contributed by atoms with van der Waals surface area (Å²) in [6.45, 7) is 0. The van der Waals surface area contributed by atoms with Gasteiger partial charge >= 0.3 is 0 Å². The lowest BCUT2D eigenvalue weighted by atomic mass is 10.2. The summed E-state index contributed by atoms with van der Waals surface area (Å²) < 4.78 is 5.56. The van der Waals surface area contributed by atoms with E-state index >= 15 is 0 Å². The van der Waals surface area contributed by atoms with Crippen molar-refractivity contribution in [3.05, 3.63) is 59.0 Å². The highest BCUT2D eigenvalue weighted by Crippen LogP contribution is 2.36. The number of anilines is 1. The van der Waals surface area contributed by atoms with Crippen molar-refractivity contribution in [1.29, 1.82) is 0 Å². The van der Waals surface area contributed by atoms with E-state index in [1.165, 1.54) is 22.7 Å². The summed E-state index contributed by atoms with van der Waals surface area (Å²) in [5, 5.41) is 9.58. The highest BCUT2D eigenvalue weighted by molar-refractivity contribution is 8.27. The van der Waals surface area contributed by atoms with Gasteiger partial charge in [0, 0.05) is 6.07 Å². The summed E-state index contributed by atoms with van der Waals surface area (Å²) in [6, 6.07) is 13.9. The number of benzene rings is 2. The molecule has 0 saturated carbocycles. The number of carbonyl (C=O) groups excluding carboxylic acids is 1. The van der Waals surface area contributed by atoms with Gasteiger partial charge in [0.15, 0.2) is 4.32 Å². The zero-order valence-electron chi connectivity index (χ0n) is 12.2. The molecule has 1 aliphatic heterocycles. The van der Waals surface area contributed by atoms with Crippen LogP contribution in [0.4, 0.5) is 5.69 Å². The number of hydrogen-bond acceptors (Lipinski definition) is 5. The van der Waals surface area contributed by atoms with E-state index in [1.54, 1.807) is 31.4 Å². The predicted molar refractivity (Wildman–Crippen MR) is 96.8 cm³/mol. The van der Waals surface area contributed by atoms with Crippen LogP contribution in [-0.4, -0.2) is 22.4 Å². The van der Waals surface area contributed by atoms with Gasteiger partial charge < -0.3 is 9.84 Å². The molecule has 1 aliphatic rings. The van der Waals surface area contributed by atoms with Crippen LogP contribution in [0.2, 0.25) is 0 Å². The number of aromatic hydroxyl groups is 1. The Balaban J connectivity index is 1.89. The number of nitrogens with zero attached hydrogens (tertiary/aromatic N) is 1. The largest absolute Gasteiger partial charge is 0.508 e. The Hall–Kier alpha value is -2.31. The van der Waals surface area contributed by atoms with Crippen molar-refractivity contribution in [2.24, 2.45) is 0 Å². The number of thiocarbonyl (C=S) groups is 1. The molecule has 0 bridgehead atoms. The van der Waals surface area contributed by atoms with Gasteiger partial charge in [0.05, 0.1) is 17.7 Å². The van der Waals surface area contributed by atoms with E-state index in [1.807, 2.05) is 24.3 Å². The molecule has 0 unspecified atom stereocenters. The average molecular weight is 343 g/mol. The summed E-state index contributed by atoms with van der Waals surface area (Å²) in [6.07, 6.45) is 1.79. The molecule has 3 rings (SSSR count). The summed E-state index contributed by atoms with van der Waals surface area (Å²) in [5.74, 6) is 0.659. The highest BCUT2D eigenvalue weighted by Gasteiger charge is 2.33. The van der Waals surface area contributed by atoms with Crippen LogP contribution < -0.4 is 9.64 Å². The molecule has 116 valence electrons. The molecule has 1 saturated heterocycles. The fourth-order valence-corrected chi connectivity index (χ4v) is 3.47. The van der Waals surface area contributed by atoms with E-state index < -0.39 is 0 Å². The third kappa shape index (κ3) is 3.23. The van der Waals surface area contributed by atoms with E-state index in [0.717, 1.165) is 11.3 Å². The molecule has 0 atom stereocenters. The standard InChI is InChI=1S/C17H13NO3S2/c1-21-14-7-5-11(6-8-14)9-15-16(20)18(17(22)23-15)12-3-2-4-13(19)10-12/h2-10,19H,1H3/b15-9+. The topological polar surface area (TPSA) is 49.8 Å². The molecule has 4 nitrogen and oxygen atoms in total. The summed E-state index contributed by atoms with van der Waals surface area (Å²) in [4.78, 5) is 14.6. The van der Waals surface area contributed by atoms with Gasteiger partial charge in [0.2, 0.25) is 0 Å². The number of thioether (sulfide) groups is 1. The number of hydrogen-bond donors (Lipinski definition) is 1. The average Bonchev–Trinajstić information content (AvgIpc) is 2.82. The molecule has 0 aliphatic carbocycles. The maximum Gasteiger partial charge on any atom is 0.270 e. The van der Waals surface area contributed by atoms with Crippen molar-refractivity contribution in [2.45, 2.75) is 0 Å². The Morgan fingerprint density at radius 3 is 2.61 bits per heavy atom. The van der Waals surface area contributed by atoms with Gasteiger partial charge in [-0.25, -0.2) is 0 Å². The van der Waals surface area contributed by atoms with Gasteiger partial charge in [0.1, 0.15) is 11.5 Å². The fourth-order valence-electron chi connectivity index (χ4n) is 2.17. The van der Waals surface area contributed by atoms with E-state index in [0.29, 0.717) is 14.9 Å². The fraction of sp³-hybridized carbons (Fsp3) is 0.0588. The Morgan fingerprint density at radius 2 is 1.96 bits per heavy atom. The Kier molecular flexibility index (Phi) is 4.36. The number of ether oxygens (including phenoxy) is 1. The predicted octanol–water partition coefficient (Wildman–Crippen LogP) is 3.81. The number of phenols is 1. The lowest BCUT2D eigenvalue weighted by molar-refractivity contribution is -0.113. The summed E-state index contributed by atoms with van der Waals surface area (Å²) in [7, 11) is 1.61. The van der Waals surface area contributed by atoms with Crippen LogP contribution in [0.25, 0.3) is 6.08 Å². The summed E-state index contributed by atoms with van der Waals surface area (Å²) >= 11 is 6.54. The van der Waals surface area contributed by atoms with Gasteiger partial charge in [-0.1, -0.05) is 42.2 Å². The molecule has 1 amide bonds. The Labute approximate surface area is 143 Å². The molecule has 1 heterocycles. The molecule has 2 aromatic carbocycles. The number of carbonyl (C=O) groups is 1. The second-order valence-electron chi connectivity index (χ2n) is 4.81. The molecular weight excluding hydrogens is 330 g/mol. The van der Waals surface area contributed by atoms with Crippen LogP contribution in [0.1, 0.15) is 5.56 Å². The second kappa shape index (κ2) is 6.44. The van der Waals surface area contributed by atoms with Crippen molar-refractivity contribution in [3.8, 4) is 11.5 Å². The van der Waals surface area contributed by atoms with Crippen molar-refractivity contribution in [3.63, 3.8) is 0 Å². The maximum atomic E-state index is 12.6. The SMILES string of the molecule is COc1ccc(/C=C2/SC(=S)N(c3cccc(O)c3)C2=O)cc1. The molecular formula is C17H13NO3S2. The number of phenolic OH excluding ortho intramolecular Hbond substituents is 1. The third-order valence-corrected chi connectivity index (χ3v) is 4.60. The first-order chi connectivity index (χ1) is 11.1. The van der Waals surface area contributed by atoms with E-state index in [-0.39, 0.29) is 11.7 Å². The van der Waals surface area contributed by atoms with Crippen LogP contribution >= 0.6 is 24.0 Å². The zero-order chi connectivity index (χ0) is 16.4. The van der Waals surface area contributed by atoms with Crippen molar-refractivity contribution in [1.82, 2.24) is 0 Å². The van der Waals surface area contributed by atoms with E-state index in [9.17, 15) is 9.90 Å². The van der Waals surface area contributed by atoms with E-state index in [4.69, 9.17) is 17.0 Å². The van der Waals surface area contributed by atoms with Gasteiger partial charge in [-0.05, 0) is 35.9 Å². The van der Waals surface area contributed by atoms with Crippen LogP contribution in [0.3, 0.4) is 0 Å². The van der Waals surface area contributed by atoms with Crippen molar-refractivity contribution in [2.75, 3.05) is 12.0 Å². The van der Waals surface area contributed by atoms with Crippen LogP contribution in [-0.2, 0) is 4.79 Å². The highest BCUT2D eigenvalue weighted by atomic mass is 32.2. The summed E-state index contributed by atoms with van der Waals surface area (Å²) in [5.41, 5.74) is 1.45. The van der Waals surface area contributed by atoms with Gasteiger partial charge in [-0.15, -0.1) is 0 Å². The lowest BCUT2D eigenvalue weighted by Gasteiger charge is -2.14. The zero-order valence-corrected chi connectivity index (χ0v) is 13.9. The quantitative estimate of drug-likeness (QED) is 0.678. The van der Waals surface area contributed by atoms with Crippen LogP contribution in [0, 0.1) is 0 Å². The second-order valence-corrected chi connectivity index (χ2v) is 6.49. The number of rotatable bonds is 3. The monoisotopic (exact) mass is 343 g/mol. The van der Waals surface area contributed by atoms with Gasteiger partial charge in [-0.2, -0.15) is 0 Å². The minimum atomic E-state index is -0.193. The van der Waals surface area contributed by atoms with Gasteiger partial charge in [-0.3, -0.25) is 9.69 Å². The first kappa shape index (κ1) is 15.6. The van der Waals surface area contributed by atoms with Gasteiger partial charge in [0.25, 0.3) is 5.91 Å². The smallest absolute Gasteiger partial charge is 0.270 e. The van der Waals surface area contributed by atoms with Crippen LogP contribution in [0.15, 0.2) is 53.4 Å². The molecule has 0 radical (unpaired) electrons. The minimum Gasteiger partial charge on any atom is -0.508 e. The minimum absolute atomic E-state index is 0.0932. The Morgan fingerprint density at radius 1 is 1.22 bits per heavy atom. The molecule has 23 heavy (non-hydrogen) atoms. The first-order valence-electron chi connectivity index (χ1n) is 6.79. The maximum absolute atomic E-state index is 12.6. The van der Waals surface area contributed by atoms with Crippen molar-refractivity contribution >= 4 is 46.0 Å². The number of methoxy groups -OCH3 is 1. The third-order valence-electron chi connectivity index (χ3n) is 3.30. The first-order valence-corrected chi connectivity index (χ1v) is 8.02. The lowest BCUT2D eigenvalue weighted by Crippen LogP contribution is -2.27. The normalized spacial score (nSPS) is 16.2. The molecule has 6 heteroatoms. The molecule has 1 fully saturated rings. The van der Waals surface area contributed by atoms with Crippen LogP contribution in [0.5, 0.6) is 11.5 Å². The molecule has 2 aromatic rings. The Bertz CT molecular complexity index is 800. The van der Waals surface area contributed by atoms with Crippen molar-refractivity contribution < 1.29 is 14.6 Å². The molecule has 0 spiro atoms.